The molecule has 0 aromatic carbocycles. The summed E-state index contributed by atoms with van der Waals surface area (Å²) in [6.07, 6.45) is 7.59. The predicted octanol–water partition coefficient (Wildman–Crippen LogP) is 2.12. The number of imide groups is 1. The van der Waals surface area contributed by atoms with Gasteiger partial charge < -0.3 is 5.32 Å². The van der Waals surface area contributed by atoms with E-state index < -0.39 is 0 Å². The van der Waals surface area contributed by atoms with Gasteiger partial charge in [0.2, 0.25) is 5.91 Å². The third kappa shape index (κ3) is 4.99. The Bertz CT molecular complexity index is 369. The first-order valence-corrected chi connectivity index (χ1v) is 8.38. The second-order valence-corrected chi connectivity index (χ2v) is 6.88. The molecule has 5 heteroatoms. The summed E-state index contributed by atoms with van der Waals surface area (Å²) in [6, 6.07) is 0.183. The summed E-state index contributed by atoms with van der Waals surface area (Å²) >= 11 is 0. The van der Waals surface area contributed by atoms with Crippen molar-refractivity contribution in [3.63, 3.8) is 0 Å². The fraction of sp³-hybridized carbons (Fsp3) is 0.875. The van der Waals surface area contributed by atoms with Crippen molar-refractivity contribution in [2.45, 2.75) is 58.4 Å². The first kappa shape index (κ1) is 16.3. The molecule has 21 heavy (non-hydrogen) atoms. The third-order valence-corrected chi connectivity index (χ3v) is 4.63. The second kappa shape index (κ2) is 7.78. The maximum Gasteiger partial charge on any atom is 0.321 e. The summed E-state index contributed by atoms with van der Waals surface area (Å²) in [7, 11) is 0. The lowest BCUT2D eigenvalue weighted by molar-refractivity contribution is -0.122. The molecule has 0 unspecified atom stereocenters. The van der Waals surface area contributed by atoms with E-state index in [2.05, 4.69) is 15.5 Å². The van der Waals surface area contributed by atoms with Crippen molar-refractivity contribution < 1.29 is 9.59 Å². The predicted molar refractivity (Wildman–Crippen MR) is 82.9 cm³/mol. The fourth-order valence-corrected chi connectivity index (χ4v) is 3.62. The number of rotatable bonds is 4. The molecule has 1 saturated carbocycles. The van der Waals surface area contributed by atoms with E-state index in [-0.39, 0.29) is 11.9 Å². The van der Waals surface area contributed by atoms with Crippen LogP contribution in [0.15, 0.2) is 0 Å². The molecular weight excluding hydrogens is 266 g/mol. The summed E-state index contributed by atoms with van der Waals surface area (Å²) in [5.41, 5.74) is 0. The van der Waals surface area contributed by atoms with Gasteiger partial charge in [0.1, 0.15) is 0 Å². The lowest BCUT2D eigenvalue weighted by atomic mass is 9.78. The highest BCUT2D eigenvalue weighted by molar-refractivity contribution is 5.95. The Morgan fingerprint density at radius 3 is 2.62 bits per heavy atom. The number of hydrogen-bond donors (Lipinski definition) is 2. The largest absolute Gasteiger partial charge is 0.338 e. The molecule has 3 amide bonds. The van der Waals surface area contributed by atoms with Crippen LogP contribution in [0.1, 0.15) is 52.4 Å². The van der Waals surface area contributed by atoms with Gasteiger partial charge >= 0.3 is 6.03 Å². The van der Waals surface area contributed by atoms with Gasteiger partial charge in [0.15, 0.2) is 0 Å². The highest BCUT2D eigenvalue weighted by atomic mass is 16.2. The van der Waals surface area contributed by atoms with Gasteiger partial charge in [-0.15, -0.1) is 0 Å². The molecule has 0 bridgehead atoms. The minimum atomic E-state index is -0.370. The Morgan fingerprint density at radius 1 is 1.14 bits per heavy atom. The van der Waals surface area contributed by atoms with Gasteiger partial charge in [-0.25, -0.2) is 4.79 Å². The Hall–Kier alpha value is -1.10. The van der Waals surface area contributed by atoms with Gasteiger partial charge in [-0.3, -0.25) is 15.0 Å². The van der Waals surface area contributed by atoms with Crippen molar-refractivity contribution >= 4 is 11.9 Å². The van der Waals surface area contributed by atoms with Crippen LogP contribution in [0, 0.1) is 11.8 Å². The molecule has 2 atom stereocenters. The number of piperidine rings is 1. The monoisotopic (exact) mass is 295 g/mol. The van der Waals surface area contributed by atoms with Crippen molar-refractivity contribution in [1.29, 1.82) is 0 Å². The van der Waals surface area contributed by atoms with Gasteiger partial charge in [0.25, 0.3) is 0 Å². The maximum absolute atomic E-state index is 12.0. The SMILES string of the molecule is CC(C)CNC(=O)NC(=O)CN1CCC[C@H]2CCCC[C@@H]21. The summed E-state index contributed by atoms with van der Waals surface area (Å²) in [5.74, 6) is 0.966. The number of urea groups is 1. The number of nitrogens with one attached hydrogen (secondary N) is 2. The molecule has 0 radical (unpaired) electrons. The molecule has 2 rings (SSSR count). The highest BCUT2D eigenvalue weighted by Crippen LogP contribution is 2.34. The number of carbonyl (C=O) groups is 2. The van der Waals surface area contributed by atoms with Gasteiger partial charge in [-0.05, 0) is 44.1 Å². The molecule has 1 saturated heterocycles. The van der Waals surface area contributed by atoms with Gasteiger partial charge in [0.05, 0.1) is 6.54 Å². The zero-order chi connectivity index (χ0) is 15.2. The molecule has 5 nitrogen and oxygen atoms in total. The number of likely N-dealkylation sites (tertiary alicyclic amines) is 1. The zero-order valence-corrected chi connectivity index (χ0v) is 13.4. The summed E-state index contributed by atoms with van der Waals surface area (Å²) in [5, 5.41) is 5.16. The van der Waals surface area contributed by atoms with E-state index in [4.69, 9.17) is 0 Å². The van der Waals surface area contributed by atoms with Crippen LogP contribution in [0.2, 0.25) is 0 Å². The Balaban J connectivity index is 1.77. The molecule has 2 aliphatic rings. The van der Waals surface area contributed by atoms with E-state index in [1.807, 2.05) is 13.8 Å². The molecule has 1 heterocycles. The number of carbonyl (C=O) groups excluding carboxylic acids is 2. The Morgan fingerprint density at radius 2 is 1.86 bits per heavy atom. The summed E-state index contributed by atoms with van der Waals surface area (Å²) < 4.78 is 0. The van der Waals surface area contributed by atoms with Crippen molar-refractivity contribution in [2.75, 3.05) is 19.6 Å². The Labute approximate surface area is 127 Å². The topological polar surface area (TPSA) is 61.4 Å². The van der Waals surface area contributed by atoms with Crippen LogP contribution in [0.5, 0.6) is 0 Å². The lowest BCUT2D eigenvalue weighted by Gasteiger charge is -2.43. The summed E-state index contributed by atoms with van der Waals surface area (Å²) in [6.45, 7) is 5.99. The van der Waals surface area contributed by atoms with Gasteiger partial charge in [0, 0.05) is 12.6 Å². The summed E-state index contributed by atoms with van der Waals surface area (Å²) in [4.78, 5) is 25.9. The molecule has 1 aliphatic heterocycles. The second-order valence-electron chi connectivity index (χ2n) is 6.88. The van der Waals surface area contributed by atoms with E-state index in [1.54, 1.807) is 0 Å². The van der Waals surface area contributed by atoms with Gasteiger partial charge in [-0.2, -0.15) is 0 Å². The molecule has 2 fully saturated rings. The van der Waals surface area contributed by atoms with E-state index >= 15 is 0 Å². The average Bonchev–Trinajstić information content (AvgIpc) is 2.45. The van der Waals surface area contributed by atoms with Crippen molar-refractivity contribution in [3.05, 3.63) is 0 Å². The molecular formula is C16H29N3O2. The van der Waals surface area contributed by atoms with Gasteiger partial charge in [-0.1, -0.05) is 26.7 Å². The first-order chi connectivity index (χ1) is 10.1. The quantitative estimate of drug-likeness (QED) is 0.835. The van der Waals surface area contributed by atoms with Crippen molar-refractivity contribution in [2.24, 2.45) is 11.8 Å². The van der Waals surface area contributed by atoms with E-state index in [9.17, 15) is 9.59 Å². The van der Waals surface area contributed by atoms with Crippen molar-refractivity contribution in [1.82, 2.24) is 15.5 Å². The van der Waals surface area contributed by atoms with Crippen LogP contribution in [-0.4, -0.2) is 42.5 Å². The van der Waals surface area contributed by atoms with Crippen LogP contribution in [0.25, 0.3) is 0 Å². The number of nitrogens with zero attached hydrogens (tertiary/aromatic N) is 1. The average molecular weight is 295 g/mol. The Kier molecular flexibility index (Phi) is 6.03. The molecule has 2 N–H and O–H groups in total. The number of hydrogen-bond acceptors (Lipinski definition) is 3. The molecule has 0 aromatic heterocycles. The van der Waals surface area contributed by atoms with E-state index in [0.717, 1.165) is 12.5 Å². The van der Waals surface area contributed by atoms with Crippen molar-refractivity contribution in [3.8, 4) is 0 Å². The zero-order valence-electron chi connectivity index (χ0n) is 13.4. The standard InChI is InChI=1S/C16H29N3O2/c1-12(2)10-17-16(21)18-15(20)11-19-9-5-7-13-6-3-4-8-14(13)19/h12-14H,3-11H2,1-2H3,(H2,17,18,20,21)/t13-,14+/m1/s1. The van der Waals surface area contributed by atoms with Crippen LogP contribution in [0.4, 0.5) is 4.79 Å². The molecule has 1 aliphatic carbocycles. The minimum absolute atomic E-state index is 0.178. The maximum atomic E-state index is 12.0. The lowest BCUT2D eigenvalue weighted by Crippen LogP contribution is -2.52. The van der Waals surface area contributed by atoms with Crippen LogP contribution >= 0.6 is 0 Å². The number of amides is 3. The molecule has 0 aromatic rings. The molecule has 120 valence electrons. The highest BCUT2D eigenvalue weighted by Gasteiger charge is 2.33. The normalized spacial score (nSPS) is 26.2. The fourth-order valence-electron chi connectivity index (χ4n) is 3.62. The van der Waals surface area contributed by atoms with Crippen LogP contribution in [-0.2, 0) is 4.79 Å². The van der Waals surface area contributed by atoms with Crippen LogP contribution < -0.4 is 10.6 Å². The molecule has 0 spiro atoms. The van der Waals surface area contributed by atoms with Crippen LogP contribution in [0.3, 0.4) is 0 Å². The number of fused-ring (bicyclic) bond motifs is 1. The first-order valence-electron chi connectivity index (χ1n) is 8.38. The minimum Gasteiger partial charge on any atom is -0.338 e. The smallest absolute Gasteiger partial charge is 0.321 e. The third-order valence-electron chi connectivity index (χ3n) is 4.63. The van der Waals surface area contributed by atoms with E-state index in [1.165, 1.54) is 38.5 Å². The van der Waals surface area contributed by atoms with E-state index in [0.29, 0.717) is 25.0 Å².